The first-order valence-electron chi connectivity index (χ1n) is 21.6. The number of para-hydroxylation sites is 2. The standard InChI is InChI=1S/C58H48N2O2/c1-33-17-23-51(39(7)37(33)5)59(49-15-11-9-13-35(49)3)45-21-19-41-29-47-55(31-43(41)27-45)61-53-25-26-54-58(57(47)53)48-30-42-20-22-46(28-44(42)32-56(48)62-54)60(50-16-12-10-14-36(50)4)52-24-18-34(2)38(6)40(52)8/h9-32H,1-8H3. The second-order valence-electron chi connectivity index (χ2n) is 17.3. The summed E-state index contributed by atoms with van der Waals surface area (Å²) in [5.41, 5.74) is 20.6. The highest BCUT2D eigenvalue weighted by atomic mass is 16.3. The molecule has 2 heterocycles. The normalized spacial score (nSPS) is 11.9. The van der Waals surface area contributed by atoms with Gasteiger partial charge in [-0.25, -0.2) is 0 Å². The lowest BCUT2D eigenvalue weighted by Gasteiger charge is -2.29. The van der Waals surface area contributed by atoms with Crippen LogP contribution in [0.5, 0.6) is 0 Å². The zero-order valence-electron chi connectivity index (χ0n) is 36.6. The maximum Gasteiger partial charge on any atom is 0.136 e. The van der Waals surface area contributed by atoms with Crippen molar-refractivity contribution in [3.8, 4) is 0 Å². The minimum absolute atomic E-state index is 0.853. The zero-order chi connectivity index (χ0) is 42.6. The van der Waals surface area contributed by atoms with Crippen molar-refractivity contribution in [2.75, 3.05) is 9.80 Å². The van der Waals surface area contributed by atoms with Gasteiger partial charge in [-0.2, -0.15) is 0 Å². The molecule has 4 heteroatoms. The first kappa shape index (κ1) is 37.7. The first-order valence-corrected chi connectivity index (χ1v) is 21.6. The molecule has 0 fully saturated rings. The summed E-state index contributed by atoms with van der Waals surface area (Å²) >= 11 is 0. The molecule has 11 aromatic rings. The first-order chi connectivity index (χ1) is 30.0. The molecule has 11 rings (SSSR count). The molecule has 302 valence electrons. The molecule has 0 unspecified atom stereocenters. The highest BCUT2D eigenvalue weighted by molar-refractivity contribution is 6.28. The largest absolute Gasteiger partial charge is 0.456 e. The van der Waals surface area contributed by atoms with Crippen molar-refractivity contribution in [2.45, 2.75) is 55.4 Å². The number of hydrogen-bond acceptors (Lipinski definition) is 4. The Balaban J connectivity index is 1.06. The van der Waals surface area contributed by atoms with Crippen LogP contribution in [0.2, 0.25) is 0 Å². The monoisotopic (exact) mass is 804 g/mol. The third-order valence-electron chi connectivity index (χ3n) is 13.7. The number of nitrogens with zero attached hydrogens (tertiary/aromatic N) is 2. The molecule has 9 aromatic carbocycles. The number of rotatable bonds is 6. The molecule has 0 spiro atoms. The highest BCUT2D eigenvalue weighted by Gasteiger charge is 2.22. The smallest absolute Gasteiger partial charge is 0.136 e. The summed E-state index contributed by atoms with van der Waals surface area (Å²) in [5, 5.41) is 8.91. The summed E-state index contributed by atoms with van der Waals surface area (Å²) in [6.45, 7) is 17.6. The molecule has 0 aliphatic rings. The van der Waals surface area contributed by atoms with Crippen molar-refractivity contribution < 1.29 is 8.83 Å². The predicted octanol–water partition coefficient (Wildman–Crippen LogP) is 17.2. The van der Waals surface area contributed by atoms with Crippen molar-refractivity contribution in [1.82, 2.24) is 0 Å². The Kier molecular flexibility index (Phi) is 8.59. The van der Waals surface area contributed by atoms with Crippen molar-refractivity contribution in [3.63, 3.8) is 0 Å². The summed E-state index contributed by atoms with van der Waals surface area (Å²) in [6.07, 6.45) is 0. The van der Waals surface area contributed by atoms with E-state index in [1.165, 1.54) is 67.3 Å². The summed E-state index contributed by atoms with van der Waals surface area (Å²) in [5.74, 6) is 0. The average molecular weight is 805 g/mol. The highest BCUT2D eigenvalue weighted by Crippen LogP contribution is 2.46. The second kappa shape index (κ2) is 14.1. The van der Waals surface area contributed by atoms with Gasteiger partial charge in [0.2, 0.25) is 0 Å². The van der Waals surface area contributed by atoms with Crippen LogP contribution < -0.4 is 9.80 Å². The quantitative estimate of drug-likeness (QED) is 0.168. The van der Waals surface area contributed by atoms with Crippen LogP contribution in [0.1, 0.15) is 44.5 Å². The molecule has 4 nitrogen and oxygen atoms in total. The molecule has 0 atom stereocenters. The number of aryl methyl sites for hydroxylation is 4. The van der Waals surface area contributed by atoms with Gasteiger partial charge in [-0.3, -0.25) is 0 Å². The number of fused-ring (bicyclic) bond motifs is 9. The Hall–Kier alpha value is -7.30. The zero-order valence-corrected chi connectivity index (χ0v) is 36.6. The third-order valence-corrected chi connectivity index (χ3v) is 13.7. The molecule has 0 radical (unpaired) electrons. The number of anilines is 6. The topological polar surface area (TPSA) is 32.8 Å². The molecular formula is C58H48N2O2. The van der Waals surface area contributed by atoms with Crippen LogP contribution in [0.15, 0.2) is 154 Å². The SMILES string of the molecule is Cc1ccccc1N(c1ccc2cc3c(cc2c1)oc1ccc2oc4cc5cc(N(c6ccccc6C)c6ccc(C)c(C)c6C)ccc5cc4c2c13)c1ccc(C)c(C)c1C. The van der Waals surface area contributed by atoms with Crippen LogP contribution in [0, 0.1) is 55.4 Å². The lowest BCUT2D eigenvalue weighted by Crippen LogP contribution is -2.13. The summed E-state index contributed by atoms with van der Waals surface area (Å²) < 4.78 is 13.4. The average Bonchev–Trinajstić information content (AvgIpc) is 3.82. The second-order valence-corrected chi connectivity index (χ2v) is 17.3. The predicted molar refractivity (Wildman–Crippen MR) is 263 cm³/mol. The summed E-state index contributed by atoms with van der Waals surface area (Å²) in [6, 6.07) is 53.0. The molecule has 0 aliphatic carbocycles. The van der Waals surface area contributed by atoms with E-state index in [4.69, 9.17) is 8.83 Å². The molecule has 0 aliphatic heterocycles. The summed E-state index contributed by atoms with van der Waals surface area (Å²) in [4.78, 5) is 4.80. The molecule has 2 aromatic heterocycles. The van der Waals surface area contributed by atoms with Crippen LogP contribution in [0.4, 0.5) is 34.1 Å². The van der Waals surface area contributed by atoms with E-state index < -0.39 is 0 Å². The van der Waals surface area contributed by atoms with Gasteiger partial charge in [0.25, 0.3) is 0 Å². The Morgan fingerprint density at radius 3 is 1.15 bits per heavy atom. The molecule has 0 bridgehead atoms. The van der Waals surface area contributed by atoms with E-state index in [0.717, 1.165) is 76.8 Å². The molecule has 62 heavy (non-hydrogen) atoms. The molecule has 0 saturated heterocycles. The van der Waals surface area contributed by atoms with Gasteiger partial charge in [0.05, 0.1) is 0 Å². The van der Waals surface area contributed by atoms with Crippen molar-refractivity contribution >= 4 is 99.5 Å². The van der Waals surface area contributed by atoms with Crippen molar-refractivity contribution in [1.29, 1.82) is 0 Å². The Labute approximate surface area is 362 Å². The van der Waals surface area contributed by atoms with E-state index in [1.54, 1.807) is 0 Å². The van der Waals surface area contributed by atoms with Gasteiger partial charge in [0.15, 0.2) is 0 Å². The van der Waals surface area contributed by atoms with Crippen LogP contribution in [-0.4, -0.2) is 0 Å². The Bertz CT molecular complexity index is 3400. The molecular weight excluding hydrogens is 757 g/mol. The maximum absolute atomic E-state index is 6.71. The summed E-state index contributed by atoms with van der Waals surface area (Å²) in [7, 11) is 0. The minimum Gasteiger partial charge on any atom is -0.456 e. The van der Waals surface area contributed by atoms with Gasteiger partial charge in [-0.15, -0.1) is 0 Å². The lowest BCUT2D eigenvalue weighted by atomic mass is 9.98. The van der Waals surface area contributed by atoms with Gasteiger partial charge in [0.1, 0.15) is 22.3 Å². The van der Waals surface area contributed by atoms with E-state index in [1.807, 2.05) is 0 Å². The van der Waals surface area contributed by atoms with Crippen LogP contribution >= 0.6 is 0 Å². The van der Waals surface area contributed by atoms with Crippen LogP contribution in [0.3, 0.4) is 0 Å². The van der Waals surface area contributed by atoms with E-state index in [9.17, 15) is 0 Å². The Morgan fingerprint density at radius 2 is 0.726 bits per heavy atom. The van der Waals surface area contributed by atoms with E-state index in [2.05, 4.69) is 211 Å². The van der Waals surface area contributed by atoms with Crippen LogP contribution in [-0.2, 0) is 0 Å². The van der Waals surface area contributed by atoms with Gasteiger partial charge >= 0.3 is 0 Å². The van der Waals surface area contributed by atoms with Gasteiger partial charge < -0.3 is 18.6 Å². The molecule has 0 N–H and O–H groups in total. The van der Waals surface area contributed by atoms with E-state index in [0.29, 0.717) is 0 Å². The Morgan fingerprint density at radius 1 is 0.306 bits per heavy atom. The van der Waals surface area contributed by atoms with Gasteiger partial charge in [-0.05, 0) is 206 Å². The van der Waals surface area contributed by atoms with E-state index in [-0.39, 0.29) is 0 Å². The molecule has 0 amide bonds. The number of hydrogen-bond donors (Lipinski definition) is 0. The van der Waals surface area contributed by atoms with Gasteiger partial charge in [0, 0.05) is 55.7 Å². The van der Waals surface area contributed by atoms with Crippen molar-refractivity contribution in [2.24, 2.45) is 0 Å². The van der Waals surface area contributed by atoms with Crippen molar-refractivity contribution in [3.05, 3.63) is 190 Å². The fourth-order valence-electron chi connectivity index (χ4n) is 9.69. The van der Waals surface area contributed by atoms with Gasteiger partial charge in [-0.1, -0.05) is 60.7 Å². The van der Waals surface area contributed by atoms with Crippen LogP contribution in [0.25, 0.3) is 65.4 Å². The number of benzene rings is 9. The van der Waals surface area contributed by atoms with E-state index >= 15 is 0 Å². The number of furan rings is 2. The fourth-order valence-corrected chi connectivity index (χ4v) is 9.69. The fraction of sp³-hybridized carbons (Fsp3) is 0.138. The third kappa shape index (κ3) is 5.81. The lowest BCUT2D eigenvalue weighted by molar-refractivity contribution is 0.663. The maximum atomic E-state index is 6.71. The minimum atomic E-state index is 0.853. The molecule has 0 saturated carbocycles.